The molecule has 3 rings (SSSR count). The number of nitrogens with zero attached hydrogens (tertiary/aromatic N) is 4. The van der Waals surface area contributed by atoms with Crippen molar-refractivity contribution in [2.24, 2.45) is 13.0 Å². The van der Waals surface area contributed by atoms with Gasteiger partial charge in [0.05, 0.1) is 11.9 Å². The molecule has 3 heterocycles. The van der Waals surface area contributed by atoms with Crippen LogP contribution in [0.1, 0.15) is 35.1 Å². The lowest BCUT2D eigenvalue weighted by Gasteiger charge is -2.31. The SMILES string of the molecule is Cn1nccc1[C@@H]1OCCC[C@H]1CNC(=O)c1cn[nH]n1. The van der Waals surface area contributed by atoms with Gasteiger partial charge in [-0.3, -0.25) is 9.48 Å². The zero-order chi connectivity index (χ0) is 14.7. The van der Waals surface area contributed by atoms with E-state index in [1.54, 1.807) is 6.20 Å². The highest BCUT2D eigenvalue weighted by atomic mass is 16.5. The van der Waals surface area contributed by atoms with Gasteiger partial charge in [-0.2, -0.15) is 20.5 Å². The first-order valence-electron chi connectivity index (χ1n) is 6.99. The molecule has 1 aliphatic rings. The van der Waals surface area contributed by atoms with Crippen molar-refractivity contribution in [1.29, 1.82) is 0 Å². The van der Waals surface area contributed by atoms with E-state index in [4.69, 9.17) is 4.74 Å². The standard InChI is InChI=1S/C13H18N6O2/c1-19-11(4-5-16-19)12-9(3-2-6-21-12)7-14-13(20)10-8-15-18-17-10/h4-5,8-9,12H,2-3,6-7H2,1H3,(H,14,20)(H,15,17,18)/t9-,12+/m0/s1. The molecular weight excluding hydrogens is 272 g/mol. The van der Waals surface area contributed by atoms with Gasteiger partial charge in [0.2, 0.25) is 0 Å². The van der Waals surface area contributed by atoms with Crippen molar-refractivity contribution >= 4 is 5.91 Å². The molecule has 0 unspecified atom stereocenters. The molecule has 8 nitrogen and oxygen atoms in total. The molecule has 2 aromatic rings. The number of hydrogen-bond acceptors (Lipinski definition) is 5. The average Bonchev–Trinajstić information content (AvgIpc) is 3.16. The van der Waals surface area contributed by atoms with Crippen molar-refractivity contribution in [3.63, 3.8) is 0 Å². The van der Waals surface area contributed by atoms with Crippen molar-refractivity contribution in [1.82, 2.24) is 30.5 Å². The summed E-state index contributed by atoms with van der Waals surface area (Å²) in [7, 11) is 1.90. The molecule has 0 spiro atoms. The van der Waals surface area contributed by atoms with Gasteiger partial charge in [0.25, 0.3) is 5.91 Å². The quantitative estimate of drug-likeness (QED) is 0.851. The van der Waals surface area contributed by atoms with Crippen molar-refractivity contribution in [2.45, 2.75) is 18.9 Å². The molecule has 2 aromatic heterocycles. The Labute approximate surface area is 121 Å². The Hall–Kier alpha value is -2.22. The summed E-state index contributed by atoms with van der Waals surface area (Å²) in [6.07, 6.45) is 5.14. The van der Waals surface area contributed by atoms with Gasteiger partial charge in [0, 0.05) is 32.3 Å². The summed E-state index contributed by atoms with van der Waals surface area (Å²) >= 11 is 0. The molecule has 0 radical (unpaired) electrons. The van der Waals surface area contributed by atoms with Crippen LogP contribution < -0.4 is 5.32 Å². The number of aryl methyl sites for hydroxylation is 1. The minimum Gasteiger partial charge on any atom is -0.372 e. The highest BCUT2D eigenvalue weighted by Gasteiger charge is 2.29. The Balaban J connectivity index is 1.65. The number of carbonyl (C=O) groups excluding carboxylic acids is 1. The first-order chi connectivity index (χ1) is 10.3. The van der Waals surface area contributed by atoms with Crippen molar-refractivity contribution in [3.8, 4) is 0 Å². The summed E-state index contributed by atoms with van der Waals surface area (Å²) in [4.78, 5) is 11.9. The lowest BCUT2D eigenvalue weighted by molar-refractivity contribution is -0.0317. The second-order valence-corrected chi connectivity index (χ2v) is 5.14. The summed E-state index contributed by atoms with van der Waals surface area (Å²) in [6.45, 7) is 1.28. The number of H-pyrrole nitrogens is 1. The van der Waals surface area contributed by atoms with E-state index in [1.165, 1.54) is 6.20 Å². The molecule has 1 saturated heterocycles. The maximum absolute atomic E-state index is 11.9. The van der Waals surface area contributed by atoms with E-state index in [1.807, 2.05) is 17.8 Å². The van der Waals surface area contributed by atoms with Gasteiger partial charge in [-0.15, -0.1) is 0 Å². The zero-order valence-corrected chi connectivity index (χ0v) is 11.8. The van der Waals surface area contributed by atoms with Crippen LogP contribution in [0.5, 0.6) is 0 Å². The lowest BCUT2D eigenvalue weighted by atomic mass is 9.92. The minimum atomic E-state index is -0.224. The number of amides is 1. The van der Waals surface area contributed by atoms with Crippen molar-refractivity contribution in [3.05, 3.63) is 29.8 Å². The molecule has 1 amide bonds. The molecule has 0 bridgehead atoms. The third-order valence-electron chi connectivity index (χ3n) is 3.77. The Morgan fingerprint density at radius 1 is 1.62 bits per heavy atom. The Kier molecular flexibility index (Phi) is 3.96. The highest BCUT2D eigenvalue weighted by molar-refractivity contribution is 5.91. The normalized spacial score (nSPS) is 22.1. The minimum absolute atomic E-state index is 0.0381. The zero-order valence-electron chi connectivity index (χ0n) is 11.8. The second kappa shape index (κ2) is 6.04. The Morgan fingerprint density at radius 2 is 2.52 bits per heavy atom. The maximum Gasteiger partial charge on any atom is 0.273 e. The number of aromatic amines is 1. The number of hydrogen-bond donors (Lipinski definition) is 2. The summed E-state index contributed by atoms with van der Waals surface area (Å²) in [5.74, 6) is 0.00285. The second-order valence-electron chi connectivity index (χ2n) is 5.14. The van der Waals surface area contributed by atoms with Gasteiger partial charge in [0.1, 0.15) is 6.10 Å². The van der Waals surface area contributed by atoms with E-state index >= 15 is 0 Å². The molecule has 0 saturated carbocycles. The van der Waals surface area contributed by atoms with Gasteiger partial charge in [0.15, 0.2) is 5.69 Å². The highest BCUT2D eigenvalue weighted by Crippen LogP contribution is 2.32. The molecule has 1 aliphatic heterocycles. The predicted molar refractivity (Wildman–Crippen MR) is 73.3 cm³/mol. The maximum atomic E-state index is 11.9. The number of nitrogens with one attached hydrogen (secondary N) is 2. The van der Waals surface area contributed by atoms with E-state index in [9.17, 15) is 4.79 Å². The smallest absolute Gasteiger partial charge is 0.273 e. The third kappa shape index (κ3) is 2.94. The number of rotatable bonds is 4. The number of carbonyl (C=O) groups is 1. The molecule has 2 atom stereocenters. The monoisotopic (exact) mass is 290 g/mol. The van der Waals surface area contributed by atoms with E-state index < -0.39 is 0 Å². The lowest BCUT2D eigenvalue weighted by Crippen LogP contribution is -2.35. The van der Waals surface area contributed by atoms with Gasteiger partial charge >= 0.3 is 0 Å². The molecule has 21 heavy (non-hydrogen) atoms. The molecular formula is C13H18N6O2. The van der Waals surface area contributed by atoms with Crippen LogP contribution in [0.25, 0.3) is 0 Å². The van der Waals surface area contributed by atoms with E-state index in [0.29, 0.717) is 12.2 Å². The molecule has 0 aromatic carbocycles. The first-order valence-corrected chi connectivity index (χ1v) is 6.99. The molecule has 112 valence electrons. The van der Waals surface area contributed by atoms with Gasteiger partial charge in [-0.25, -0.2) is 0 Å². The Bertz CT molecular complexity index is 594. The van der Waals surface area contributed by atoms with Crippen LogP contribution in [0.3, 0.4) is 0 Å². The van der Waals surface area contributed by atoms with Gasteiger partial charge in [-0.1, -0.05) is 0 Å². The van der Waals surface area contributed by atoms with Gasteiger partial charge in [-0.05, 0) is 18.9 Å². The van der Waals surface area contributed by atoms with Crippen LogP contribution >= 0.6 is 0 Å². The van der Waals surface area contributed by atoms with E-state index in [0.717, 1.165) is 25.1 Å². The van der Waals surface area contributed by atoms with E-state index in [2.05, 4.69) is 25.8 Å². The molecule has 1 fully saturated rings. The summed E-state index contributed by atoms with van der Waals surface area (Å²) in [6, 6.07) is 1.96. The van der Waals surface area contributed by atoms with Crippen molar-refractivity contribution in [2.75, 3.05) is 13.2 Å². The Morgan fingerprint density at radius 3 is 3.24 bits per heavy atom. The number of ether oxygens (including phenoxy) is 1. The predicted octanol–water partition coefficient (Wildman–Crippen LogP) is 0.436. The topological polar surface area (TPSA) is 97.7 Å². The first kappa shape index (κ1) is 13.7. The van der Waals surface area contributed by atoms with Gasteiger partial charge < -0.3 is 10.1 Å². The average molecular weight is 290 g/mol. The molecule has 2 N–H and O–H groups in total. The fourth-order valence-electron chi connectivity index (χ4n) is 2.67. The van der Waals surface area contributed by atoms with Crippen molar-refractivity contribution < 1.29 is 9.53 Å². The molecule has 0 aliphatic carbocycles. The van der Waals surface area contributed by atoms with Crippen LogP contribution in [-0.4, -0.2) is 44.3 Å². The number of aromatic nitrogens is 5. The molecule has 8 heteroatoms. The van der Waals surface area contributed by atoms with Crippen LogP contribution in [0, 0.1) is 5.92 Å². The van der Waals surface area contributed by atoms with Crippen LogP contribution in [-0.2, 0) is 11.8 Å². The fraction of sp³-hybridized carbons (Fsp3) is 0.538. The van der Waals surface area contributed by atoms with Crippen LogP contribution in [0.2, 0.25) is 0 Å². The third-order valence-corrected chi connectivity index (χ3v) is 3.77. The largest absolute Gasteiger partial charge is 0.372 e. The van der Waals surface area contributed by atoms with Crippen LogP contribution in [0.15, 0.2) is 18.5 Å². The summed E-state index contributed by atoms with van der Waals surface area (Å²) < 4.78 is 7.71. The van der Waals surface area contributed by atoms with Crippen LogP contribution in [0.4, 0.5) is 0 Å². The fourth-order valence-corrected chi connectivity index (χ4v) is 2.67. The summed E-state index contributed by atoms with van der Waals surface area (Å²) in [5.41, 5.74) is 1.33. The summed E-state index contributed by atoms with van der Waals surface area (Å²) in [5, 5.41) is 16.9. The van der Waals surface area contributed by atoms with E-state index in [-0.39, 0.29) is 17.9 Å².